The maximum atomic E-state index is 11.5. The zero-order chi connectivity index (χ0) is 15.1. The number of amides is 1. The van der Waals surface area contributed by atoms with Crippen molar-refractivity contribution in [3.05, 3.63) is 40.6 Å². The number of ether oxygens (including phenoxy) is 2. The van der Waals surface area contributed by atoms with E-state index in [9.17, 15) is 9.59 Å². The van der Waals surface area contributed by atoms with Crippen LogP contribution in [0.2, 0.25) is 0 Å². The minimum atomic E-state index is -0.511. The van der Waals surface area contributed by atoms with Gasteiger partial charge in [0.1, 0.15) is 11.5 Å². The molecule has 21 heavy (non-hydrogen) atoms. The molecule has 0 saturated heterocycles. The number of benzene rings is 1. The Morgan fingerprint density at radius 3 is 2.62 bits per heavy atom. The third-order valence-corrected chi connectivity index (χ3v) is 2.65. The number of aromatic amines is 2. The van der Waals surface area contributed by atoms with Gasteiger partial charge in [0.2, 0.25) is 5.82 Å². The number of H-pyrrole nitrogens is 2. The molecule has 1 aromatic heterocycles. The predicted octanol–water partition coefficient (Wildman–Crippen LogP) is 0.306. The van der Waals surface area contributed by atoms with Crippen LogP contribution in [-0.4, -0.2) is 41.3 Å². The van der Waals surface area contributed by atoms with Crippen LogP contribution in [0, 0.1) is 0 Å². The first kappa shape index (κ1) is 14.6. The van der Waals surface area contributed by atoms with Crippen LogP contribution >= 0.6 is 0 Å². The summed E-state index contributed by atoms with van der Waals surface area (Å²) in [6, 6.07) is 7.24. The third-order valence-electron chi connectivity index (χ3n) is 2.65. The van der Waals surface area contributed by atoms with E-state index in [0.29, 0.717) is 19.6 Å². The quantitative estimate of drug-likeness (QED) is 0.636. The van der Waals surface area contributed by atoms with Crippen LogP contribution in [0.3, 0.4) is 0 Å². The second-order valence-electron chi connectivity index (χ2n) is 4.16. The molecule has 0 fully saturated rings. The number of nitrogens with zero attached hydrogens (tertiary/aromatic N) is 1. The fourth-order valence-electron chi connectivity index (χ4n) is 1.60. The van der Waals surface area contributed by atoms with Crippen LogP contribution in [0.1, 0.15) is 17.0 Å². The molecular weight excluding hydrogens is 276 g/mol. The van der Waals surface area contributed by atoms with Gasteiger partial charge in [-0.25, -0.2) is 9.89 Å². The molecule has 2 rings (SSSR count). The molecule has 8 heteroatoms. The lowest BCUT2D eigenvalue weighted by Crippen LogP contribution is -2.27. The van der Waals surface area contributed by atoms with Crippen molar-refractivity contribution < 1.29 is 14.3 Å². The van der Waals surface area contributed by atoms with Gasteiger partial charge in [-0.05, 0) is 30.7 Å². The molecule has 0 saturated carbocycles. The number of methoxy groups -OCH3 is 1. The van der Waals surface area contributed by atoms with Crippen LogP contribution in [0.4, 0.5) is 0 Å². The van der Waals surface area contributed by atoms with Gasteiger partial charge in [0.05, 0.1) is 13.7 Å². The monoisotopic (exact) mass is 292 g/mol. The SMILES string of the molecule is COc1ccc(OCCCNC(=O)c2n[nH]c(=O)[nH]2)cc1. The summed E-state index contributed by atoms with van der Waals surface area (Å²) in [5.41, 5.74) is -0.511. The zero-order valence-corrected chi connectivity index (χ0v) is 11.5. The van der Waals surface area contributed by atoms with Crippen LogP contribution in [-0.2, 0) is 0 Å². The molecule has 3 N–H and O–H groups in total. The van der Waals surface area contributed by atoms with E-state index in [1.165, 1.54) is 0 Å². The van der Waals surface area contributed by atoms with Crippen LogP contribution < -0.4 is 20.5 Å². The molecular formula is C13H16N4O4. The van der Waals surface area contributed by atoms with Crippen molar-refractivity contribution in [2.24, 2.45) is 0 Å². The summed E-state index contributed by atoms with van der Waals surface area (Å²) >= 11 is 0. The number of hydrogen-bond acceptors (Lipinski definition) is 5. The molecule has 0 aliphatic heterocycles. The summed E-state index contributed by atoms with van der Waals surface area (Å²) in [5, 5.41) is 8.28. The van der Waals surface area contributed by atoms with Crippen LogP contribution in [0.5, 0.6) is 11.5 Å². The van der Waals surface area contributed by atoms with E-state index in [0.717, 1.165) is 11.5 Å². The first-order valence-corrected chi connectivity index (χ1v) is 6.39. The lowest BCUT2D eigenvalue weighted by molar-refractivity contribution is 0.0941. The summed E-state index contributed by atoms with van der Waals surface area (Å²) in [6.45, 7) is 0.883. The molecule has 112 valence electrons. The molecule has 8 nitrogen and oxygen atoms in total. The topological polar surface area (TPSA) is 109 Å². The number of carbonyl (C=O) groups excluding carboxylic acids is 1. The maximum absolute atomic E-state index is 11.5. The van der Waals surface area contributed by atoms with E-state index in [4.69, 9.17) is 9.47 Å². The lowest BCUT2D eigenvalue weighted by Gasteiger charge is -2.07. The standard InChI is InChI=1S/C13H16N4O4/c1-20-9-3-5-10(6-4-9)21-8-2-7-14-12(18)11-15-13(19)17-16-11/h3-6H,2,7-8H2,1H3,(H,14,18)(H2,15,16,17,19). The van der Waals surface area contributed by atoms with E-state index >= 15 is 0 Å². The molecule has 0 spiro atoms. The second kappa shape index (κ2) is 7.13. The number of aromatic nitrogens is 3. The number of rotatable bonds is 7. The first-order valence-electron chi connectivity index (χ1n) is 6.39. The molecule has 1 amide bonds. The van der Waals surface area contributed by atoms with Gasteiger partial charge in [0, 0.05) is 6.54 Å². The highest BCUT2D eigenvalue weighted by Crippen LogP contribution is 2.16. The van der Waals surface area contributed by atoms with E-state index in [2.05, 4.69) is 20.5 Å². The minimum Gasteiger partial charge on any atom is -0.497 e. The van der Waals surface area contributed by atoms with Crippen LogP contribution in [0.25, 0.3) is 0 Å². The number of hydrogen-bond donors (Lipinski definition) is 3. The lowest BCUT2D eigenvalue weighted by atomic mass is 10.3. The van der Waals surface area contributed by atoms with Gasteiger partial charge in [-0.3, -0.25) is 9.78 Å². The molecule has 0 atom stereocenters. The van der Waals surface area contributed by atoms with Crippen molar-refractivity contribution in [3.8, 4) is 11.5 Å². The summed E-state index contributed by atoms with van der Waals surface area (Å²) in [6.07, 6.45) is 0.631. The molecule has 0 bridgehead atoms. The average Bonchev–Trinajstić information content (AvgIpc) is 2.94. The minimum absolute atomic E-state index is 0.0314. The van der Waals surface area contributed by atoms with Gasteiger partial charge in [0.15, 0.2) is 0 Å². The van der Waals surface area contributed by atoms with Crippen molar-refractivity contribution in [1.29, 1.82) is 0 Å². The van der Waals surface area contributed by atoms with Gasteiger partial charge in [-0.2, -0.15) is 0 Å². The maximum Gasteiger partial charge on any atom is 0.341 e. The highest BCUT2D eigenvalue weighted by molar-refractivity contribution is 5.90. The second-order valence-corrected chi connectivity index (χ2v) is 4.16. The van der Waals surface area contributed by atoms with Crippen molar-refractivity contribution in [2.45, 2.75) is 6.42 Å². The van der Waals surface area contributed by atoms with Gasteiger partial charge >= 0.3 is 5.69 Å². The average molecular weight is 292 g/mol. The molecule has 1 heterocycles. The van der Waals surface area contributed by atoms with Gasteiger partial charge in [-0.1, -0.05) is 0 Å². The van der Waals surface area contributed by atoms with Crippen molar-refractivity contribution >= 4 is 5.91 Å². The summed E-state index contributed by atoms with van der Waals surface area (Å²) in [4.78, 5) is 24.6. The smallest absolute Gasteiger partial charge is 0.341 e. The molecule has 0 unspecified atom stereocenters. The summed E-state index contributed by atoms with van der Waals surface area (Å²) < 4.78 is 10.6. The highest BCUT2D eigenvalue weighted by atomic mass is 16.5. The molecule has 2 aromatic rings. The Morgan fingerprint density at radius 1 is 1.29 bits per heavy atom. The van der Waals surface area contributed by atoms with Crippen LogP contribution in [0.15, 0.2) is 29.1 Å². The first-order chi connectivity index (χ1) is 10.2. The summed E-state index contributed by atoms with van der Waals surface area (Å²) in [7, 11) is 1.60. The van der Waals surface area contributed by atoms with E-state index in [-0.39, 0.29) is 5.82 Å². The Balaban J connectivity index is 1.65. The Bertz CT molecular complexity index is 632. The fourth-order valence-corrected chi connectivity index (χ4v) is 1.60. The molecule has 0 aliphatic rings. The summed E-state index contributed by atoms with van der Waals surface area (Å²) in [5.74, 6) is 1.04. The molecule has 0 radical (unpaired) electrons. The Labute approximate surface area is 120 Å². The largest absolute Gasteiger partial charge is 0.497 e. The predicted molar refractivity (Wildman–Crippen MR) is 74.6 cm³/mol. The fraction of sp³-hybridized carbons (Fsp3) is 0.308. The van der Waals surface area contributed by atoms with E-state index in [1.807, 2.05) is 24.3 Å². The van der Waals surface area contributed by atoms with Gasteiger partial charge < -0.3 is 14.8 Å². The molecule has 0 aliphatic carbocycles. The zero-order valence-electron chi connectivity index (χ0n) is 11.5. The third kappa shape index (κ3) is 4.37. The van der Waals surface area contributed by atoms with Crippen molar-refractivity contribution in [1.82, 2.24) is 20.5 Å². The Hall–Kier alpha value is -2.77. The number of nitrogens with one attached hydrogen (secondary N) is 3. The highest BCUT2D eigenvalue weighted by Gasteiger charge is 2.08. The number of carbonyl (C=O) groups is 1. The Morgan fingerprint density at radius 2 is 2.00 bits per heavy atom. The van der Waals surface area contributed by atoms with Crippen molar-refractivity contribution in [3.63, 3.8) is 0 Å². The normalized spacial score (nSPS) is 10.1. The van der Waals surface area contributed by atoms with E-state index < -0.39 is 11.6 Å². The van der Waals surface area contributed by atoms with E-state index in [1.54, 1.807) is 7.11 Å². The Kier molecular flexibility index (Phi) is 4.97. The molecule has 1 aromatic carbocycles. The van der Waals surface area contributed by atoms with Crippen molar-refractivity contribution in [2.75, 3.05) is 20.3 Å². The van der Waals surface area contributed by atoms with Gasteiger partial charge in [-0.15, -0.1) is 5.10 Å². The van der Waals surface area contributed by atoms with Gasteiger partial charge in [0.25, 0.3) is 5.91 Å².